The number of alkyl halides is 2. The standard InChI is InChI=1S/C25H29F2N3O4/c1-3-17(2)21(28-22(31)18-9-5-4-6-10-18)24(33)30-15-13-29(14-16-30)23(32)19-11-7-8-12-20(19)34-25(26)27/h4-12,17,21,25H,3,13-16H2,1-2H3,(H,28,31). The summed E-state index contributed by atoms with van der Waals surface area (Å²) < 4.78 is 29.9. The molecule has 2 atom stereocenters. The maximum Gasteiger partial charge on any atom is 0.387 e. The first kappa shape index (κ1) is 25.1. The van der Waals surface area contributed by atoms with Crippen LogP contribution in [0.2, 0.25) is 0 Å². The minimum absolute atomic E-state index is 0.0511. The van der Waals surface area contributed by atoms with Gasteiger partial charge in [0.1, 0.15) is 11.8 Å². The number of hydrogen-bond donors (Lipinski definition) is 1. The molecule has 1 N–H and O–H groups in total. The third kappa shape index (κ3) is 6.09. The van der Waals surface area contributed by atoms with Crippen molar-refractivity contribution in [1.29, 1.82) is 0 Å². The summed E-state index contributed by atoms with van der Waals surface area (Å²) in [7, 11) is 0. The molecule has 2 aromatic carbocycles. The molecule has 0 spiro atoms. The summed E-state index contributed by atoms with van der Waals surface area (Å²) in [5.74, 6) is -1.21. The van der Waals surface area contributed by atoms with E-state index in [9.17, 15) is 23.2 Å². The fraction of sp³-hybridized carbons (Fsp3) is 0.400. The van der Waals surface area contributed by atoms with E-state index in [1.807, 2.05) is 19.9 Å². The molecule has 1 aliphatic rings. The molecule has 0 bridgehead atoms. The number of amides is 3. The van der Waals surface area contributed by atoms with E-state index in [1.54, 1.807) is 35.2 Å². The minimum Gasteiger partial charge on any atom is -0.434 e. The van der Waals surface area contributed by atoms with Gasteiger partial charge in [-0.2, -0.15) is 8.78 Å². The SMILES string of the molecule is CCC(C)C(NC(=O)c1ccccc1)C(=O)N1CCN(C(=O)c2ccccc2OC(F)F)CC1. The molecule has 1 fully saturated rings. The van der Waals surface area contributed by atoms with Crippen molar-refractivity contribution in [3.05, 3.63) is 65.7 Å². The van der Waals surface area contributed by atoms with Gasteiger partial charge < -0.3 is 19.9 Å². The highest BCUT2D eigenvalue weighted by Gasteiger charge is 2.33. The van der Waals surface area contributed by atoms with Crippen molar-refractivity contribution in [2.24, 2.45) is 5.92 Å². The molecule has 1 saturated heterocycles. The summed E-state index contributed by atoms with van der Waals surface area (Å²) in [5, 5.41) is 2.87. The van der Waals surface area contributed by atoms with Crippen LogP contribution >= 0.6 is 0 Å². The average Bonchev–Trinajstić information content (AvgIpc) is 2.86. The third-order valence-corrected chi connectivity index (χ3v) is 6.01. The molecule has 3 rings (SSSR count). The molecule has 182 valence electrons. The summed E-state index contributed by atoms with van der Waals surface area (Å²) in [6.45, 7) is 1.86. The van der Waals surface area contributed by atoms with Gasteiger partial charge in [-0.15, -0.1) is 0 Å². The lowest BCUT2D eigenvalue weighted by atomic mass is 9.97. The number of nitrogens with one attached hydrogen (secondary N) is 1. The van der Waals surface area contributed by atoms with Crippen molar-refractivity contribution in [2.75, 3.05) is 26.2 Å². The largest absolute Gasteiger partial charge is 0.434 e. The van der Waals surface area contributed by atoms with Gasteiger partial charge in [-0.1, -0.05) is 50.6 Å². The summed E-state index contributed by atoms with van der Waals surface area (Å²) >= 11 is 0. The van der Waals surface area contributed by atoms with Crippen LogP contribution in [0.3, 0.4) is 0 Å². The number of halogens is 2. The summed E-state index contributed by atoms with van der Waals surface area (Å²) in [6, 6.07) is 13.9. The predicted octanol–water partition coefficient (Wildman–Crippen LogP) is 3.42. The van der Waals surface area contributed by atoms with Crippen LogP contribution in [0.25, 0.3) is 0 Å². The van der Waals surface area contributed by atoms with Crippen molar-refractivity contribution < 1.29 is 27.9 Å². The maximum atomic E-state index is 13.3. The molecule has 1 aliphatic heterocycles. The van der Waals surface area contributed by atoms with E-state index in [4.69, 9.17) is 0 Å². The molecule has 7 nitrogen and oxygen atoms in total. The van der Waals surface area contributed by atoms with Crippen LogP contribution in [0.15, 0.2) is 54.6 Å². The Morgan fingerprint density at radius 1 is 0.941 bits per heavy atom. The van der Waals surface area contributed by atoms with Gasteiger partial charge in [0, 0.05) is 31.7 Å². The van der Waals surface area contributed by atoms with Gasteiger partial charge in [0.05, 0.1) is 5.56 Å². The van der Waals surface area contributed by atoms with Crippen molar-refractivity contribution in [3.8, 4) is 5.75 Å². The molecule has 0 aliphatic carbocycles. The smallest absolute Gasteiger partial charge is 0.387 e. The number of para-hydroxylation sites is 1. The third-order valence-electron chi connectivity index (χ3n) is 6.01. The van der Waals surface area contributed by atoms with Gasteiger partial charge in [0.25, 0.3) is 11.8 Å². The molecular weight excluding hydrogens is 444 g/mol. The lowest BCUT2D eigenvalue weighted by Crippen LogP contribution is -2.57. The molecule has 0 radical (unpaired) electrons. The number of carbonyl (C=O) groups is 3. The van der Waals surface area contributed by atoms with E-state index in [1.165, 1.54) is 23.1 Å². The van der Waals surface area contributed by atoms with Crippen molar-refractivity contribution in [2.45, 2.75) is 32.9 Å². The minimum atomic E-state index is -3.04. The zero-order valence-electron chi connectivity index (χ0n) is 19.2. The van der Waals surface area contributed by atoms with Gasteiger partial charge >= 0.3 is 6.61 Å². The van der Waals surface area contributed by atoms with Gasteiger partial charge in [0.2, 0.25) is 5.91 Å². The molecule has 1 heterocycles. The van der Waals surface area contributed by atoms with Crippen molar-refractivity contribution in [1.82, 2.24) is 15.1 Å². The molecular formula is C25H29F2N3O4. The lowest BCUT2D eigenvalue weighted by Gasteiger charge is -2.37. The van der Waals surface area contributed by atoms with Crippen molar-refractivity contribution >= 4 is 17.7 Å². The Bertz CT molecular complexity index is 995. The zero-order valence-corrected chi connectivity index (χ0v) is 19.2. The van der Waals surface area contributed by atoms with E-state index in [-0.39, 0.29) is 55.2 Å². The number of ether oxygens (including phenoxy) is 1. The Morgan fingerprint density at radius 2 is 1.53 bits per heavy atom. The summed E-state index contributed by atoms with van der Waals surface area (Å²) in [6.07, 6.45) is 0.699. The maximum absolute atomic E-state index is 13.3. The number of carbonyl (C=O) groups excluding carboxylic acids is 3. The van der Waals surface area contributed by atoms with Crippen LogP contribution in [0.5, 0.6) is 5.75 Å². The highest BCUT2D eigenvalue weighted by molar-refractivity contribution is 5.98. The average molecular weight is 474 g/mol. The van der Waals surface area contributed by atoms with E-state index < -0.39 is 18.6 Å². The van der Waals surface area contributed by atoms with E-state index >= 15 is 0 Å². The van der Waals surface area contributed by atoms with Crippen LogP contribution in [-0.4, -0.2) is 66.4 Å². The molecule has 0 saturated carbocycles. The van der Waals surface area contributed by atoms with E-state index in [0.29, 0.717) is 12.0 Å². The van der Waals surface area contributed by atoms with Crippen LogP contribution < -0.4 is 10.1 Å². The number of nitrogens with zero attached hydrogens (tertiary/aromatic N) is 2. The second-order valence-electron chi connectivity index (χ2n) is 8.19. The van der Waals surface area contributed by atoms with E-state index in [0.717, 1.165) is 0 Å². The second-order valence-corrected chi connectivity index (χ2v) is 8.19. The van der Waals surface area contributed by atoms with Gasteiger partial charge in [-0.05, 0) is 30.2 Å². The molecule has 2 aromatic rings. The highest BCUT2D eigenvalue weighted by atomic mass is 19.3. The van der Waals surface area contributed by atoms with Crippen LogP contribution in [0.4, 0.5) is 8.78 Å². The Morgan fingerprint density at radius 3 is 2.15 bits per heavy atom. The van der Waals surface area contributed by atoms with E-state index in [2.05, 4.69) is 10.1 Å². The van der Waals surface area contributed by atoms with Crippen LogP contribution in [-0.2, 0) is 4.79 Å². The molecule has 0 aromatic heterocycles. The molecule has 9 heteroatoms. The number of hydrogen-bond acceptors (Lipinski definition) is 4. The monoisotopic (exact) mass is 473 g/mol. The first-order valence-corrected chi connectivity index (χ1v) is 11.3. The fourth-order valence-corrected chi connectivity index (χ4v) is 3.84. The van der Waals surface area contributed by atoms with Crippen LogP contribution in [0, 0.1) is 5.92 Å². The van der Waals surface area contributed by atoms with Gasteiger partial charge in [-0.25, -0.2) is 0 Å². The lowest BCUT2D eigenvalue weighted by molar-refractivity contribution is -0.136. The summed E-state index contributed by atoms with van der Waals surface area (Å²) in [5.41, 5.74) is 0.527. The fourth-order valence-electron chi connectivity index (χ4n) is 3.84. The zero-order chi connectivity index (χ0) is 24.7. The number of piperazine rings is 1. The normalized spacial score (nSPS) is 15.6. The first-order valence-electron chi connectivity index (χ1n) is 11.3. The number of rotatable bonds is 8. The van der Waals surface area contributed by atoms with Gasteiger partial charge in [-0.3, -0.25) is 14.4 Å². The Balaban J connectivity index is 1.65. The topological polar surface area (TPSA) is 79.0 Å². The molecule has 2 unspecified atom stereocenters. The Labute approximate surface area is 197 Å². The summed E-state index contributed by atoms with van der Waals surface area (Å²) in [4.78, 5) is 42.0. The quantitative estimate of drug-likeness (QED) is 0.637. The highest BCUT2D eigenvalue weighted by Crippen LogP contribution is 2.23. The van der Waals surface area contributed by atoms with Crippen LogP contribution in [0.1, 0.15) is 41.0 Å². The van der Waals surface area contributed by atoms with Crippen molar-refractivity contribution in [3.63, 3.8) is 0 Å². The van der Waals surface area contributed by atoms with Gasteiger partial charge in [0.15, 0.2) is 0 Å². The Hall–Kier alpha value is -3.49. The predicted molar refractivity (Wildman–Crippen MR) is 123 cm³/mol. The first-order chi connectivity index (χ1) is 16.3. The second kappa shape index (κ2) is 11.6. The number of benzene rings is 2. The Kier molecular flexibility index (Phi) is 8.56. The molecule has 34 heavy (non-hydrogen) atoms. The molecule has 3 amide bonds.